The van der Waals surface area contributed by atoms with Gasteiger partial charge in [0, 0.05) is 12.7 Å². The number of anilines is 1. The Labute approximate surface area is 99.1 Å². The van der Waals surface area contributed by atoms with Crippen molar-refractivity contribution < 1.29 is 4.79 Å². The molecule has 1 aromatic carbocycles. The van der Waals surface area contributed by atoms with Crippen LogP contribution in [0.3, 0.4) is 0 Å². The highest BCUT2D eigenvalue weighted by atomic mass is 32.1. The molecule has 0 spiro atoms. The summed E-state index contributed by atoms with van der Waals surface area (Å²) in [6, 6.07) is 11.7. The molecule has 2 nitrogen and oxygen atoms in total. The number of carbonyl (C=O) groups excluding carboxylic acids is 1. The molecule has 82 valence electrons. The summed E-state index contributed by atoms with van der Waals surface area (Å²) in [5, 5.41) is 4.00. The molecule has 0 fully saturated rings. The van der Waals surface area contributed by atoms with Gasteiger partial charge in [-0.25, -0.2) is 0 Å². The van der Waals surface area contributed by atoms with Crippen molar-refractivity contribution in [2.45, 2.75) is 6.42 Å². The maximum atomic E-state index is 11.9. The van der Waals surface area contributed by atoms with Crippen molar-refractivity contribution in [1.29, 1.82) is 0 Å². The van der Waals surface area contributed by atoms with Gasteiger partial charge in [-0.3, -0.25) is 4.79 Å². The highest BCUT2D eigenvalue weighted by Gasteiger charge is 2.11. The summed E-state index contributed by atoms with van der Waals surface area (Å²) in [6.45, 7) is 0. The summed E-state index contributed by atoms with van der Waals surface area (Å²) >= 11 is 1.62. The molecule has 0 aliphatic rings. The molecule has 1 heterocycles. The number of nitrogens with zero attached hydrogens (tertiary/aromatic N) is 1. The molecule has 0 atom stereocenters. The molecule has 2 rings (SSSR count). The lowest BCUT2D eigenvalue weighted by Gasteiger charge is -2.16. The second-order valence-electron chi connectivity index (χ2n) is 3.60. The van der Waals surface area contributed by atoms with Crippen molar-refractivity contribution in [2.75, 3.05) is 11.9 Å². The zero-order valence-electron chi connectivity index (χ0n) is 9.09. The Hall–Kier alpha value is -1.61. The topological polar surface area (TPSA) is 20.3 Å². The van der Waals surface area contributed by atoms with E-state index in [0.29, 0.717) is 6.42 Å². The van der Waals surface area contributed by atoms with Crippen LogP contribution in [0.2, 0.25) is 0 Å². The number of amides is 1. The zero-order valence-corrected chi connectivity index (χ0v) is 9.91. The first-order valence-electron chi connectivity index (χ1n) is 5.10. The number of para-hydroxylation sites is 1. The number of hydrogen-bond donors (Lipinski definition) is 0. The molecule has 1 aromatic heterocycles. The lowest BCUT2D eigenvalue weighted by Crippen LogP contribution is -2.27. The van der Waals surface area contributed by atoms with Gasteiger partial charge in [0.25, 0.3) is 0 Å². The number of carbonyl (C=O) groups is 1. The summed E-state index contributed by atoms with van der Waals surface area (Å²) in [5.74, 6) is 0.115. The molecule has 0 saturated heterocycles. The van der Waals surface area contributed by atoms with E-state index in [9.17, 15) is 4.79 Å². The third kappa shape index (κ3) is 2.49. The van der Waals surface area contributed by atoms with E-state index in [1.54, 1.807) is 16.2 Å². The molecule has 0 aliphatic carbocycles. The lowest BCUT2D eigenvalue weighted by atomic mass is 10.2. The van der Waals surface area contributed by atoms with E-state index in [0.717, 1.165) is 11.3 Å². The third-order valence-electron chi connectivity index (χ3n) is 2.45. The van der Waals surface area contributed by atoms with E-state index in [-0.39, 0.29) is 5.91 Å². The first-order valence-corrected chi connectivity index (χ1v) is 6.04. The molecule has 0 radical (unpaired) electrons. The van der Waals surface area contributed by atoms with Crippen LogP contribution in [0.1, 0.15) is 5.56 Å². The second-order valence-corrected chi connectivity index (χ2v) is 4.38. The highest BCUT2D eigenvalue weighted by molar-refractivity contribution is 7.08. The van der Waals surface area contributed by atoms with Crippen molar-refractivity contribution in [2.24, 2.45) is 0 Å². The standard InChI is InChI=1S/C13H13NOS/c1-14(12-5-3-2-4-6-12)13(15)9-11-7-8-16-10-11/h2-8,10H,9H2,1H3. The fraction of sp³-hybridized carbons (Fsp3) is 0.154. The van der Waals surface area contributed by atoms with E-state index < -0.39 is 0 Å². The lowest BCUT2D eigenvalue weighted by molar-refractivity contribution is -0.117. The van der Waals surface area contributed by atoms with E-state index in [2.05, 4.69) is 0 Å². The number of benzene rings is 1. The fourth-order valence-electron chi connectivity index (χ4n) is 1.48. The maximum absolute atomic E-state index is 11.9. The molecule has 16 heavy (non-hydrogen) atoms. The first kappa shape index (κ1) is 10.9. The Balaban J connectivity index is 2.05. The van der Waals surface area contributed by atoms with Crippen molar-refractivity contribution in [1.82, 2.24) is 0 Å². The Morgan fingerprint density at radius 3 is 2.62 bits per heavy atom. The molecule has 0 unspecified atom stereocenters. The Morgan fingerprint density at radius 1 is 1.25 bits per heavy atom. The molecular formula is C13H13NOS. The average Bonchev–Trinajstić information content (AvgIpc) is 2.82. The normalized spacial score (nSPS) is 10.1. The van der Waals surface area contributed by atoms with Crippen LogP contribution in [-0.2, 0) is 11.2 Å². The molecule has 1 amide bonds. The maximum Gasteiger partial charge on any atom is 0.231 e. The van der Waals surface area contributed by atoms with Crippen LogP contribution >= 0.6 is 11.3 Å². The van der Waals surface area contributed by atoms with Crippen molar-refractivity contribution in [3.63, 3.8) is 0 Å². The van der Waals surface area contributed by atoms with Crippen LogP contribution < -0.4 is 4.90 Å². The fourth-order valence-corrected chi connectivity index (χ4v) is 2.15. The van der Waals surface area contributed by atoms with E-state index in [1.165, 1.54) is 0 Å². The number of likely N-dealkylation sites (N-methyl/N-ethyl adjacent to an activating group) is 1. The van der Waals surface area contributed by atoms with Crippen molar-refractivity contribution in [3.05, 3.63) is 52.7 Å². The number of thiophene rings is 1. The van der Waals surface area contributed by atoms with Crippen molar-refractivity contribution in [3.8, 4) is 0 Å². The van der Waals surface area contributed by atoms with Gasteiger partial charge < -0.3 is 4.90 Å². The monoisotopic (exact) mass is 231 g/mol. The van der Waals surface area contributed by atoms with Crippen LogP contribution in [0.25, 0.3) is 0 Å². The summed E-state index contributed by atoms with van der Waals surface area (Å²) in [4.78, 5) is 13.6. The summed E-state index contributed by atoms with van der Waals surface area (Å²) in [5.41, 5.74) is 2.01. The van der Waals surface area contributed by atoms with Crippen LogP contribution in [0, 0.1) is 0 Å². The summed E-state index contributed by atoms with van der Waals surface area (Å²) in [7, 11) is 1.81. The van der Waals surface area contributed by atoms with E-state index >= 15 is 0 Å². The average molecular weight is 231 g/mol. The SMILES string of the molecule is CN(C(=O)Cc1ccsc1)c1ccccc1. The van der Waals surface area contributed by atoms with Crippen LogP contribution in [0.4, 0.5) is 5.69 Å². The minimum Gasteiger partial charge on any atom is -0.315 e. The van der Waals surface area contributed by atoms with Gasteiger partial charge in [-0.1, -0.05) is 18.2 Å². The molecule has 0 aliphatic heterocycles. The number of hydrogen-bond acceptors (Lipinski definition) is 2. The molecule has 0 N–H and O–H groups in total. The highest BCUT2D eigenvalue weighted by Crippen LogP contribution is 2.14. The minimum atomic E-state index is 0.115. The van der Waals surface area contributed by atoms with Gasteiger partial charge in [0.1, 0.15) is 0 Å². The smallest absolute Gasteiger partial charge is 0.231 e. The largest absolute Gasteiger partial charge is 0.315 e. The van der Waals surface area contributed by atoms with Crippen LogP contribution in [0.15, 0.2) is 47.2 Å². The van der Waals surface area contributed by atoms with Gasteiger partial charge in [0.2, 0.25) is 5.91 Å². The Bertz CT molecular complexity index is 450. The van der Waals surface area contributed by atoms with Gasteiger partial charge in [-0.2, -0.15) is 11.3 Å². The van der Waals surface area contributed by atoms with Gasteiger partial charge >= 0.3 is 0 Å². The van der Waals surface area contributed by atoms with Gasteiger partial charge in [-0.05, 0) is 34.5 Å². The Morgan fingerprint density at radius 2 is 2.00 bits per heavy atom. The third-order valence-corrected chi connectivity index (χ3v) is 3.19. The quantitative estimate of drug-likeness (QED) is 0.795. The van der Waals surface area contributed by atoms with Gasteiger partial charge in [0.15, 0.2) is 0 Å². The zero-order chi connectivity index (χ0) is 11.4. The van der Waals surface area contributed by atoms with E-state index in [1.807, 2.05) is 54.2 Å². The molecule has 3 heteroatoms. The molecule has 0 bridgehead atoms. The first-order chi connectivity index (χ1) is 7.77. The minimum absolute atomic E-state index is 0.115. The van der Waals surface area contributed by atoms with Crippen LogP contribution in [-0.4, -0.2) is 13.0 Å². The predicted molar refractivity (Wildman–Crippen MR) is 67.9 cm³/mol. The molecule has 0 saturated carbocycles. The van der Waals surface area contributed by atoms with Crippen LogP contribution in [0.5, 0.6) is 0 Å². The van der Waals surface area contributed by atoms with Gasteiger partial charge in [0.05, 0.1) is 6.42 Å². The molecule has 2 aromatic rings. The number of rotatable bonds is 3. The second kappa shape index (κ2) is 4.94. The summed E-state index contributed by atoms with van der Waals surface area (Å²) < 4.78 is 0. The van der Waals surface area contributed by atoms with Gasteiger partial charge in [-0.15, -0.1) is 0 Å². The Kier molecular flexibility index (Phi) is 3.37. The van der Waals surface area contributed by atoms with E-state index in [4.69, 9.17) is 0 Å². The summed E-state index contributed by atoms with van der Waals surface area (Å²) in [6.07, 6.45) is 0.467. The molecular weight excluding hydrogens is 218 g/mol. The predicted octanol–water partition coefficient (Wildman–Crippen LogP) is 2.95. The van der Waals surface area contributed by atoms with Crippen molar-refractivity contribution >= 4 is 22.9 Å².